The number of hydrogen-bond acceptors (Lipinski definition) is 4. The molecule has 1 aliphatic carbocycles. The lowest BCUT2D eigenvalue weighted by molar-refractivity contribution is 0.102. The third kappa shape index (κ3) is 2.57. The first-order valence-corrected chi connectivity index (χ1v) is 7.38. The molecule has 1 N–H and O–H groups in total. The molecule has 0 spiro atoms. The first kappa shape index (κ1) is 13.0. The molecule has 3 aromatic rings. The van der Waals surface area contributed by atoms with Crippen molar-refractivity contribution in [1.82, 2.24) is 9.97 Å². The van der Waals surface area contributed by atoms with Crippen LogP contribution in [0.15, 0.2) is 47.3 Å². The SMILES string of the molecule is O=C(Nc1cnc(CC2CC2)nc1)c1coc2ccccc12. The van der Waals surface area contributed by atoms with E-state index in [1.54, 1.807) is 12.4 Å². The molecule has 4 rings (SSSR count). The Kier molecular flexibility index (Phi) is 3.11. The Balaban J connectivity index is 1.51. The van der Waals surface area contributed by atoms with Gasteiger partial charge in [0.2, 0.25) is 0 Å². The van der Waals surface area contributed by atoms with Crippen LogP contribution in [0.25, 0.3) is 11.0 Å². The summed E-state index contributed by atoms with van der Waals surface area (Å²) in [5.74, 6) is 1.37. The highest BCUT2D eigenvalue weighted by Crippen LogP contribution is 2.31. The molecular weight excluding hydrogens is 278 g/mol. The number of nitrogens with zero attached hydrogens (tertiary/aromatic N) is 2. The van der Waals surface area contributed by atoms with E-state index in [9.17, 15) is 4.79 Å². The molecule has 2 aromatic heterocycles. The molecule has 22 heavy (non-hydrogen) atoms. The van der Waals surface area contributed by atoms with E-state index in [1.807, 2.05) is 24.3 Å². The zero-order valence-electron chi connectivity index (χ0n) is 12.0. The van der Waals surface area contributed by atoms with E-state index in [0.29, 0.717) is 16.8 Å². The fraction of sp³-hybridized carbons (Fsp3) is 0.235. The number of carbonyl (C=O) groups excluding carboxylic acids is 1. The molecule has 5 nitrogen and oxygen atoms in total. The summed E-state index contributed by atoms with van der Waals surface area (Å²) in [7, 11) is 0. The molecule has 1 saturated carbocycles. The van der Waals surface area contributed by atoms with Gasteiger partial charge in [0.05, 0.1) is 23.6 Å². The minimum atomic E-state index is -0.219. The van der Waals surface area contributed by atoms with Gasteiger partial charge in [0.15, 0.2) is 0 Å². The Labute approximate surface area is 127 Å². The molecule has 0 aliphatic heterocycles. The van der Waals surface area contributed by atoms with Gasteiger partial charge >= 0.3 is 0 Å². The van der Waals surface area contributed by atoms with Gasteiger partial charge in [-0.25, -0.2) is 9.97 Å². The second-order valence-electron chi connectivity index (χ2n) is 5.64. The summed E-state index contributed by atoms with van der Waals surface area (Å²) in [6, 6.07) is 7.45. The van der Waals surface area contributed by atoms with Crippen LogP contribution >= 0.6 is 0 Å². The summed E-state index contributed by atoms with van der Waals surface area (Å²) in [4.78, 5) is 20.9. The van der Waals surface area contributed by atoms with Crippen LogP contribution < -0.4 is 5.32 Å². The molecule has 2 heterocycles. The standard InChI is InChI=1S/C17H15N3O2/c21-17(14-10-22-15-4-2-1-3-13(14)15)20-12-8-18-16(19-9-12)7-11-5-6-11/h1-4,8-11H,5-7H2,(H,20,21). The second-order valence-corrected chi connectivity index (χ2v) is 5.64. The van der Waals surface area contributed by atoms with Gasteiger partial charge in [-0.2, -0.15) is 0 Å². The van der Waals surface area contributed by atoms with Crippen molar-refractivity contribution in [3.05, 3.63) is 54.3 Å². The maximum atomic E-state index is 12.3. The molecular formula is C17H15N3O2. The number of benzene rings is 1. The highest BCUT2D eigenvalue weighted by atomic mass is 16.3. The average molecular weight is 293 g/mol. The number of nitrogens with one attached hydrogen (secondary N) is 1. The summed E-state index contributed by atoms with van der Waals surface area (Å²) in [6.07, 6.45) is 8.27. The summed E-state index contributed by atoms with van der Waals surface area (Å²) < 4.78 is 5.39. The number of fused-ring (bicyclic) bond motifs is 1. The highest BCUT2D eigenvalue weighted by molar-refractivity contribution is 6.12. The Hall–Kier alpha value is -2.69. The molecule has 0 radical (unpaired) electrons. The van der Waals surface area contributed by atoms with Crippen LogP contribution in [-0.4, -0.2) is 15.9 Å². The van der Waals surface area contributed by atoms with Gasteiger partial charge < -0.3 is 9.73 Å². The predicted molar refractivity (Wildman–Crippen MR) is 82.6 cm³/mol. The Morgan fingerprint density at radius 3 is 2.77 bits per heavy atom. The topological polar surface area (TPSA) is 68.0 Å². The number of para-hydroxylation sites is 1. The molecule has 0 bridgehead atoms. The normalized spacial score (nSPS) is 14.2. The van der Waals surface area contributed by atoms with Gasteiger partial charge in [-0.1, -0.05) is 18.2 Å². The third-order valence-corrected chi connectivity index (χ3v) is 3.86. The zero-order valence-corrected chi connectivity index (χ0v) is 12.0. The molecule has 110 valence electrons. The number of amides is 1. The molecule has 1 amide bonds. The van der Waals surface area contributed by atoms with E-state index in [-0.39, 0.29) is 5.91 Å². The van der Waals surface area contributed by atoms with E-state index >= 15 is 0 Å². The fourth-order valence-corrected chi connectivity index (χ4v) is 2.46. The number of aromatic nitrogens is 2. The average Bonchev–Trinajstić information content (AvgIpc) is 3.25. The number of carbonyl (C=O) groups is 1. The molecule has 0 saturated heterocycles. The summed E-state index contributed by atoms with van der Waals surface area (Å²) >= 11 is 0. The van der Waals surface area contributed by atoms with Gasteiger partial charge in [0, 0.05) is 11.8 Å². The molecule has 0 atom stereocenters. The smallest absolute Gasteiger partial charge is 0.259 e. The predicted octanol–water partition coefficient (Wildman–Crippen LogP) is 3.43. The van der Waals surface area contributed by atoms with Gasteiger partial charge in [-0.3, -0.25) is 4.79 Å². The Morgan fingerprint density at radius 1 is 1.23 bits per heavy atom. The van der Waals surface area contributed by atoms with Gasteiger partial charge in [-0.05, 0) is 24.8 Å². The van der Waals surface area contributed by atoms with E-state index in [2.05, 4.69) is 15.3 Å². The summed E-state index contributed by atoms with van der Waals surface area (Å²) in [5.41, 5.74) is 1.80. The third-order valence-electron chi connectivity index (χ3n) is 3.86. The van der Waals surface area contributed by atoms with Crippen molar-refractivity contribution >= 4 is 22.6 Å². The van der Waals surface area contributed by atoms with Crippen molar-refractivity contribution in [2.45, 2.75) is 19.3 Å². The Bertz CT molecular complexity index is 819. The maximum Gasteiger partial charge on any atom is 0.259 e. The van der Waals surface area contributed by atoms with Crippen LogP contribution in [0.5, 0.6) is 0 Å². The molecule has 1 aliphatic rings. The fourth-order valence-electron chi connectivity index (χ4n) is 2.46. The van der Waals surface area contributed by atoms with Crippen LogP contribution in [0, 0.1) is 5.92 Å². The van der Waals surface area contributed by atoms with Crippen molar-refractivity contribution in [2.24, 2.45) is 5.92 Å². The maximum absolute atomic E-state index is 12.3. The quantitative estimate of drug-likeness (QED) is 0.800. The van der Waals surface area contributed by atoms with E-state index < -0.39 is 0 Å². The minimum Gasteiger partial charge on any atom is -0.463 e. The molecule has 5 heteroatoms. The largest absolute Gasteiger partial charge is 0.463 e. The lowest BCUT2D eigenvalue weighted by atomic mass is 10.1. The van der Waals surface area contributed by atoms with Crippen LogP contribution in [0.4, 0.5) is 5.69 Å². The van der Waals surface area contributed by atoms with Gasteiger partial charge in [0.25, 0.3) is 5.91 Å². The monoisotopic (exact) mass is 293 g/mol. The van der Waals surface area contributed by atoms with Gasteiger partial charge in [0.1, 0.15) is 17.7 Å². The highest BCUT2D eigenvalue weighted by Gasteiger charge is 2.22. The van der Waals surface area contributed by atoms with Crippen LogP contribution in [0.2, 0.25) is 0 Å². The number of anilines is 1. The number of rotatable bonds is 4. The van der Waals surface area contributed by atoms with E-state index in [0.717, 1.165) is 23.5 Å². The van der Waals surface area contributed by atoms with Crippen molar-refractivity contribution in [3.8, 4) is 0 Å². The van der Waals surface area contributed by atoms with Crippen molar-refractivity contribution in [3.63, 3.8) is 0 Å². The van der Waals surface area contributed by atoms with Crippen LogP contribution in [0.3, 0.4) is 0 Å². The van der Waals surface area contributed by atoms with Crippen molar-refractivity contribution in [2.75, 3.05) is 5.32 Å². The second kappa shape index (κ2) is 5.26. The molecule has 1 aromatic carbocycles. The first-order valence-electron chi connectivity index (χ1n) is 7.38. The van der Waals surface area contributed by atoms with Crippen LogP contribution in [0.1, 0.15) is 29.0 Å². The van der Waals surface area contributed by atoms with Crippen molar-refractivity contribution in [1.29, 1.82) is 0 Å². The minimum absolute atomic E-state index is 0.219. The summed E-state index contributed by atoms with van der Waals surface area (Å²) in [5, 5.41) is 3.61. The van der Waals surface area contributed by atoms with Gasteiger partial charge in [-0.15, -0.1) is 0 Å². The lowest BCUT2D eigenvalue weighted by Gasteiger charge is -2.04. The van der Waals surface area contributed by atoms with E-state index in [1.165, 1.54) is 19.1 Å². The van der Waals surface area contributed by atoms with Crippen LogP contribution in [-0.2, 0) is 6.42 Å². The molecule has 0 unspecified atom stereocenters. The zero-order chi connectivity index (χ0) is 14.9. The number of hydrogen-bond donors (Lipinski definition) is 1. The lowest BCUT2D eigenvalue weighted by Crippen LogP contribution is -2.12. The number of furan rings is 1. The molecule has 1 fully saturated rings. The van der Waals surface area contributed by atoms with Crippen molar-refractivity contribution < 1.29 is 9.21 Å². The Morgan fingerprint density at radius 2 is 2.00 bits per heavy atom. The summed E-state index contributed by atoms with van der Waals surface area (Å²) in [6.45, 7) is 0. The first-order chi connectivity index (χ1) is 10.8. The van der Waals surface area contributed by atoms with E-state index in [4.69, 9.17) is 4.42 Å².